The summed E-state index contributed by atoms with van der Waals surface area (Å²) in [5, 5.41) is 0. The summed E-state index contributed by atoms with van der Waals surface area (Å²) in [5.41, 5.74) is 13.5. The zero-order valence-electron chi connectivity index (χ0n) is 22.5. The van der Waals surface area contributed by atoms with Crippen LogP contribution in [0.1, 0.15) is 91.8 Å². The lowest BCUT2D eigenvalue weighted by Crippen LogP contribution is -1.86. The molecular weight excluding hydrogens is 432 g/mol. The van der Waals surface area contributed by atoms with Crippen molar-refractivity contribution in [3.63, 3.8) is 0 Å². The van der Waals surface area contributed by atoms with E-state index in [0.29, 0.717) is 0 Å². The molecule has 0 N–H and O–H groups in total. The molecule has 0 heteroatoms. The number of benzene rings is 3. The molecule has 0 bridgehead atoms. The van der Waals surface area contributed by atoms with Gasteiger partial charge < -0.3 is 0 Å². The molecule has 6 rings (SSSR count). The van der Waals surface area contributed by atoms with E-state index in [-0.39, 0.29) is 0 Å². The van der Waals surface area contributed by atoms with E-state index >= 15 is 0 Å². The Morgan fingerprint density at radius 2 is 1.39 bits per heavy atom. The lowest BCUT2D eigenvalue weighted by molar-refractivity contribution is 0.886. The first kappa shape index (κ1) is 26.0. The van der Waals surface area contributed by atoms with Crippen LogP contribution in [0.4, 0.5) is 0 Å². The van der Waals surface area contributed by atoms with Gasteiger partial charge >= 0.3 is 0 Å². The largest absolute Gasteiger partial charge is 0.0795 e. The van der Waals surface area contributed by atoms with Crippen LogP contribution in [0.15, 0.2) is 84.5 Å². The van der Waals surface area contributed by atoms with Crippen LogP contribution in [-0.2, 0) is 25.7 Å². The van der Waals surface area contributed by atoms with Crippen LogP contribution in [0.3, 0.4) is 0 Å². The Hall–Kier alpha value is -3.12. The summed E-state index contributed by atoms with van der Waals surface area (Å²) < 4.78 is 0. The Morgan fingerprint density at radius 3 is 2.17 bits per heavy atom. The Morgan fingerprint density at radius 1 is 0.639 bits per heavy atom. The second-order valence-electron chi connectivity index (χ2n) is 10.2. The first-order valence-corrected chi connectivity index (χ1v) is 14.0. The molecule has 0 saturated carbocycles. The topological polar surface area (TPSA) is 0 Å². The van der Waals surface area contributed by atoms with Gasteiger partial charge in [-0.05, 0) is 83.0 Å². The molecule has 0 heterocycles. The van der Waals surface area contributed by atoms with Crippen LogP contribution in [0.25, 0.3) is 17.7 Å². The Labute approximate surface area is 219 Å². The summed E-state index contributed by atoms with van der Waals surface area (Å²) in [6, 6.07) is 24.3. The first-order valence-electron chi connectivity index (χ1n) is 14.0. The normalized spacial score (nSPS) is 14.0. The highest BCUT2D eigenvalue weighted by Gasteiger charge is 2.11. The van der Waals surface area contributed by atoms with E-state index in [2.05, 4.69) is 112 Å². The standard InChI is InChI=1S/3C12H14/c1-2-5-10-8-11-6-3-4-7-12(11)9-10;1-2-5-10-8-9-11-6-3-4-7-12(10)11;1-2-4-10-7-8-11-5-3-6-12(11)9-10/h2*3-4,6-8H,2,5,9H2,1H3;3,6-9H,2,4-5H2,1H3. The lowest BCUT2D eigenvalue weighted by atomic mass is 10.0. The quantitative estimate of drug-likeness (QED) is 0.333. The summed E-state index contributed by atoms with van der Waals surface area (Å²) in [6.07, 6.45) is 20.1. The summed E-state index contributed by atoms with van der Waals surface area (Å²) in [5.74, 6) is 0. The van der Waals surface area contributed by atoms with E-state index in [9.17, 15) is 0 Å². The van der Waals surface area contributed by atoms with Crippen molar-refractivity contribution in [3.8, 4) is 0 Å². The number of allylic oxidation sites excluding steroid dienone is 4. The molecule has 0 unspecified atom stereocenters. The third kappa shape index (κ3) is 6.76. The first-order chi connectivity index (χ1) is 17.7. The van der Waals surface area contributed by atoms with Crippen LogP contribution < -0.4 is 0 Å². The van der Waals surface area contributed by atoms with Crippen LogP contribution in [0.2, 0.25) is 0 Å². The summed E-state index contributed by atoms with van der Waals surface area (Å²) >= 11 is 0. The van der Waals surface area contributed by atoms with Crippen molar-refractivity contribution in [3.05, 3.63) is 123 Å². The fourth-order valence-electron chi connectivity index (χ4n) is 5.44. The van der Waals surface area contributed by atoms with Crippen molar-refractivity contribution in [2.75, 3.05) is 0 Å². The summed E-state index contributed by atoms with van der Waals surface area (Å²) in [4.78, 5) is 0. The van der Waals surface area contributed by atoms with Gasteiger partial charge in [0.2, 0.25) is 0 Å². The third-order valence-corrected chi connectivity index (χ3v) is 7.24. The van der Waals surface area contributed by atoms with Crippen molar-refractivity contribution in [1.29, 1.82) is 0 Å². The zero-order valence-corrected chi connectivity index (χ0v) is 22.5. The van der Waals surface area contributed by atoms with E-state index in [0.717, 1.165) is 12.8 Å². The van der Waals surface area contributed by atoms with Gasteiger partial charge in [0.15, 0.2) is 0 Å². The minimum absolute atomic E-state index is 1.13. The molecule has 0 radical (unpaired) electrons. The predicted molar refractivity (Wildman–Crippen MR) is 159 cm³/mol. The average molecular weight is 475 g/mol. The van der Waals surface area contributed by atoms with Crippen LogP contribution in [-0.4, -0.2) is 0 Å². The summed E-state index contributed by atoms with van der Waals surface area (Å²) in [7, 11) is 0. The summed E-state index contributed by atoms with van der Waals surface area (Å²) in [6.45, 7) is 6.70. The SMILES string of the molecule is CCCC1=CCc2ccccc21.CCCC1=Cc2ccccc2C1.CCCc1ccc2c(c1)C=CC2. The number of fused-ring (bicyclic) bond motifs is 3. The van der Waals surface area contributed by atoms with Gasteiger partial charge in [-0.25, -0.2) is 0 Å². The Balaban J connectivity index is 0.000000127. The van der Waals surface area contributed by atoms with Crippen molar-refractivity contribution < 1.29 is 0 Å². The zero-order chi connectivity index (χ0) is 25.2. The van der Waals surface area contributed by atoms with Gasteiger partial charge in [0.05, 0.1) is 0 Å². The molecule has 36 heavy (non-hydrogen) atoms. The van der Waals surface area contributed by atoms with Crippen molar-refractivity contribution in [2.45, 2.75) is 78.6 Å². The molecular formula is C36H42. The molecule has 3 aliphatic carbocycles. The van der Waals surface area contributed by atoms with Gasteiger partial charge in [0.1, 0.15) is 0 Å². The molecule has 3 aromatic carbocycles. The number of hydrogen-bond donors (Lipinski definition) is 0. The van der Waals surface area contributed by atoms with Crippen molar-refractivity contribution in [1.82, 2.24) is 0 Å². The maximum atomic E-state index is 2.37. The second-order valence-corrected chi connectivity index (χ2v) is 10.2. The molecule has 186 valence electrons. The second kappa shape index (κ2) is 13.3. The highest BCUT2D eigenvalue weighted by molar-refractivity contribution is 5.72. The fraction of sp³-hybridized carbons (Fsp3) is 0.333. The van der Waals surface area contributed by atoms with Gasteiger partial charge in [-0.15, -0.1) is 0 Å². The molecule has 0 aliphatic heterocycles. The van der Waals surface area contributed by atoms with Gasteiger partial charge in [-0.2, -0.15) is 0 Å². The van der Waals surface area contributed by atoms with Crippen LogP contribution in [0.5, 0.6) is 0 Å². The molecule has 3 aliphatic rings. The molecule has 0 aromatic heterocycles. The molecule has 0 saturated heterocycles. The van der Waals surface area contributed by atoms with Gasteiger partial charge in [-0.3, -0.25) is 0 Å². The Kier molecular flexibility index (Phi) is 9.56. The van der Waals surface area contributed by atoms with Gasteiger partial charge in [-0.1, -0.05) is 137 Å². The minimum atomic E-state index is 1.13. The number of aryl methyl sites for hydroxylation is 1. The highest BCUT2D eigenvalue weighted by atomic mass is 14.2. The molecule has 3 aromatic rings. The maximum Gasteiger partial charge on any atom is -0.00578 e. The van der Waals surface area contributed by atoms with Gasteiger partial charge in [0, 0.05) is 0 Å². The molecule has 0 nitrogen and oxygen atoms in total. The number of hydrogen-bond acceptors (Lipinski definition) is 0. The molecule has 0 fully saturated rings. The van der Waals surface area contributed by atoms with E-state index in [4.69, 9.17) is 0 Å². The third-order valence-electron chi connectivity index (χ3n) is 7.24. The average Bonchev–Trinajstić information content (AvgIpc) is 3.63. The predicted octanol–water partition coefficient (Wildman–Crippen LogP) is 10.1. The monoisotopic (exact) mass is 474 g/mol. The van der Waals surface area contributed by atoms with Gasteiger partial charge in [0.25, 0.3) is 0 Å². The van der Waals surface area contributed by atoms with Crippen molar-refractivity contribution >= 4 is 17.7 Å². The highest BCUT2D eigenvalue weighted by Crippen LogP contribution is 2.30. The fourth-order valence-corrected chi connectivity index (χ4v) is 5.44. The lowest BCUT2D eigenvalue weighted by Gasteiger charge is -2.02. The Bertz CT molecular complexity index is 1230. The number of rotatable bonds is 6. The smallest absolute Gasteiger partial charge is 0.00578 e. The van der Waals surface area contributed by atoms with E-state index in [1.165, 1.54) is 83.9 Å². The van der Waals surface area contributed by atoms with Crippen molar-refractivity contribution in [2.24, 2.45) is 0 Å². The minimum Gasteiger partial charge on any atom is -0.0795 e. The van der Waals surface area contributed by atoms with E-state index < -0.39 is 0 Å². The van der Waals surface area contributed by atoms with Crippen LogP contribution >= 0.6 is 0 Å². The van der Waals surface area contributed by atoms with E-state index in [1.807, 2.05) is 0 Å². The maximum absolute atomic E-state index is 2.37. The van der Waals surface area contributed by atoms with Crippen LogP contribution in [0, 0.1) is 0 Å². The molecule has 0 amide bonds. The molecule has 0 spiro atoms. The van der Waals surface area contributed by atoms with E-state index in [1.54, 1.807) is 11.1 Å². The molecule has 0 atom stereocenters.